The number of pyridine rings is 1. The number of rotatable bonds is 6. The number of nitrogens with zero attached hydrogens (tertiary/aromatic N) is 4. The number of aromatic nitrogens is 1. The fourth-order valence-corrected chi connectivity index (χ4v) is 4.91. The van der Waals surface area contributed by atoms with E-state index in [4.69, 9.17) is 4.74 Å². The average molecular weight is 436 g/mol. The summed E-state index contributed by atoms with van der Waals surface area (Å²) in [7, 11) is -1.76. The van der Waals surface area contributed by atoms with Crippen molar-refractivity contribution in [3.8, 4) is 5.88 Å². The first-order valence-corrected chi connectivity index (χ1v) is 11.1. The van der Waals surface area contributed by atoms with E-state index in [1.807, 2.05) is 14.0 Å². The number of sulfonamides is 1. The van der Waals surface area contributed by atoms with Crippen LogP contribution < -0.4 is 4.74 Å². The first-order valence-electron chi connectivity index (χ1n) is 9.62. The summed E-state index contributed by atoms with van der Waals surface area (Å²) < 4.78 is 33.0. The number of carboxylic acid groups (broad SMARTS) is 1. The molecule has 1 aromatic rings. The van der Waals surface area contributed by atoms with Gasteiger partial charge in [-0.25, -0.2) is 18.2 Å². The second kappa shape index (κ2) is 10.5. The first-order chi connectivity index (χ1) is 13.3. The van der Waals surface area contributed by atoms with Crippen LogP contribution in [0.15, 0.2) is 17.2 Å². The molecule has 1 radical (unpaired) electrons. The van der Waals surface area contributed by atoms with E-state index >= 15 is 0 Å². The summed E-state index contributed by atoms with van der Waals surface area (Å²) in [6, 6.07) is 1.17. The second-order valence-corrected chi connectivity index (χ2v) is 9.23. The standard InChI is InChI=1S/C18H28N4O5S.Na/c1-3-21-8-10-22(11-9-21)28(25,26)15-12-16(18(23)24)17(19-13-15)27-14-4-6-20(2)7-5-14;/h12-14H,3-11H2,1-2H3,(H,23,24);. The molecule has 11 heteroatoms. The summed E-state index contributed by atoms with van der Waals surface area (Å²) in [5.74, 6) is -1.26. The Kier molecular flexibility index (Phi) is 8.89. The van der Waals surface area contributed by atoms with Gasteiger partial charge in [0, 0.05) is 68.8 Å². The number of likely N-dealkylation sites (tertiary alicyclic amines) is 1. The van der Waals surface area contributed by atoms with Crippen LogP contribution >= 0.6 is 0 Å². The van der Waals surface area contributed by atoms with Gasteiger partial charge in [0.15, 0.2) is 0 Å². The monoisotopic (exact) mass is 435 g/mol. The number of hydrogen-bond acceptors (Lipinski definition) is 7. The van der Waals surface area contributed by atoms with Crippen LogP contribution in [0.1, 0.15) is 30.1 Å². The molecule has 0 aromatic carbocycles. The number of ether oxygens (including phenoxy) is 1. The number of hydrogen-bond donors (Lipinski definition) is 1. The fraction of sp³-hybridized carbons (Fsp3) is 0.667. The van der Waals surface area contributed by atoms with Gasteiger partial charge in [-0.2, -0.15) is 4.31 Å². The maximum atomic E-state index is 12.9. The van der Waals surface area contributed by atoms with Crippen LogP contribution in [0.2, 0.25) is 0 Å². The van der Waals surface area contributed by atoms with Gasteiger partial charge in [-0.15, -0.1) is 0 Å². The van der Waals surface area contributed by atoms with Crippen LogP contribution in [0.25, 0.3) is 0 Å². The van der Waals surface area contributed by atoms with E-state index in [1.165, 1.54) is 16.6 Å². The van der Waals surface area contributed by atoms with E-state index in [1.54, 1.807) is 0 Å². The molecule has 3 rings (SSSR count). The normalized spacial score (nSPS) is 20.2. The molecule has 29 heavy (non-hydrogen) atoms. The first kappa shape index (κ1) is 24.5. The molecule has 9 nitrogen and oxygen atoms in total. The Morgan fingerprint density at radius 1 is 1.21 bits per heavy atom. The molecule has 0 atom stereocenters. The van der Waals surface area contributed by atoms with Crippen molar-refractivity contribution in [3.05, 3.63) is 17.8 Å². The number of carbonyl (C=O) groups is 1. The molecule has 2 aliphatic heterocycles. The average Bonchev–Trinajstić information content (AvgIpc) is 2.69. The van der Waals surface area contributed by atoms with Gasteiger partial charge < -0.3 is 19.6 Å². The topological polar surface area (TPSA) is 103 Å². The van der Waals surface area contributed by atoms with Crippen LogP contribution in [0, 0.1) is 0 Å². The van der Waals surface area contributed by atoms with Crippen molar-refractivity contribution in [2.45, 2.75) is 30.8 Å². The Bertz CT molecular complexity index is 806. The Morgan fingerprint density at radius 2 is 1.83 bits per heavy atom. The van der Waals surface area contributed by atoms with Gasteiger partial charge in [0.2, 0.25) is 15.9 Å². The van der Waals surface area contributed by atoms with Crippen molar-refractivity contribution in [1.82, 2.24) is 19.1 Å². The van der Waals surface area contributed by atoms with Crippen LogP contribution in [0.5, 0.6) is 5.88 Å². The summed E-state index contributed by atoms with van der Waals surface area (Å²) in [5.41, 5.74) is -0.216. The third kappa shape index (κ3) is 5.90. The molecule has 0 amide bonds. The van der Waals surface area contributed by atoms with Gasteiger partial charge in [0.05, 0.1) is 6.20 Å². The molecule has 0 saturated carbocycles. The minimum Gasteiger partial charge on any atom is -0.477 e. The molecule has 2 fully saturated rings. The Morgan fingerprint density at radius 3 is 2.38 bits per heavy atom. The summed E-state index contributed by atoms with van der Waals surface area (Å²) in [6.45, 7) is 6.72. The summed E-state index contributed by atoms with van der Waals surface area (Å²) in [4.78, 5) is 20.0. The Hall–Kier alpha value is -0.750. The van der Waals surface area contributed by atoms with Crippen molar-refractivity contribution in [3.63, 3.8) is 0 Å². The Balaban J connectivity index is 0.00000300. The van der Waals surface area contributed by atoms with E-state index in [0.717, 1.165) is 32.5 Å². The van der Waals surface area contributed by atoms with Crippen LogP contribution in [0.3, 0.4) is 0 Å². The molecule has 3 heterocycles. The zero-order valence-electron chi connectivity index (χ0n) is 17.4. The van der Waals surface area contributed by atoms with E-state index in [-0.39, 0.29) is 52.0 Å². The number of piperidine rings is 1. The van der Waals surface area contributed by atoms with Gasteiger partial charge in [-0.1, -0.05) is 6.92 Å². The summed E-state index contributed by atoms with van der Waals surface area (Å²) in [6.07, 6.45) is 2.64. The van der Waals surface area contributed by atoms with Gasteiger partial charge in [0.1, 0.15) is 16.6 Å². The molecule has 0 spiro atoms. The molecule has 2 aliphatic rings. The quantitative estimate of drug-likeness (QED) is 0.632. The van der Waals surface area contributed by atoms with Crippen LogP contribution in [-0.4, -0.2) is 127 Å². The molecule has 2 saturated heterocycles. The van der Waals surface area contributed by atoms with Gasteiger partial charge in [0.25, 0.3) is 0 Å². The number of carboxylic acids is 1. The molecule has 0 aliphatic carbocycles. The third-order valence-corrected chi connectivity index (χ3v) is 7.28. The van der Waals surface area contributed by atoms with Gasteiger partial charge in [-0.05, 0) is 32.5 Å². The number of piperazine rings is 1. The predicted molar refractivity (Wildman–Crippen MR) is 109 cm³/mol. The third-order valence-electron chi connectivity index (χ3n) is 5.42. The van der Waals surface area contributed by atoms with Crippen LogP contribution in [0.4, 0.5) is 0 Å². The molecule has 1 N–H and O–H groups in total. The summed E-state index contributed by atoms with van der Waals surface area (Å²) >= 11 is 0. The molecule has 157 valence electrons. The van der Waals surface area contributed by atoms with E-state index in [2.05, 4.69) is 14.8 Å². The van der Waals surface area contributed by atoms with Crippen molar-refractivity contribution in [2.75, 3.05) is 52.9 Å². The van der Waals surface area contributed by atoms with Crippen molar-refractivity contribution >= 4 is 45.5 Å². The molecule has 1 aromatic heterocycles. The van der Waals surface area contributed by atoms with Crippen molar-refractivity contribution in [1.29, 1.82) is 0 Å². The molecule has 0 bridgehead atoms. The van der Waals surface area contributed by atoms with E-state index < -0.39 is 16.0 Å². The molecular formula is C18H28N4NaO5S. The van der Waals surface area contributed by atoms with E-state index in [9.17, 15) is 18.3 Å². The van der Waals surface area contributed by atoms with E-state index in [0.29, 0.717) is 26.2 Å². The van der Waals surface area contributed by atoms with Crippen molar-refractivity contribution in [2.24, 2.45) is 0 Å². The van der Waals surface area contributed by atoms with Gasteiger partial charge >= 0.3 is 5.97 Å². The maximum absolute atomic E-state index is 12.9. The zero-order chi connectivity index (χ0) is 20.3. The second-order valence-electron chi connectivity index (χ2n) is 7.29. The van der Waals surface area contributed by atoms with Gasteiger partial charge in [-0.3, -0.25) is 0 Å². The largest absolute Gasteiger partial charge is 0.477 e. The predicted octanol–water partition coefficient (Wildman–Crippen LogP) is 0.198. The maximum Gasteiger partial charge on any atom is 0.341 e. The number of likely N-dealkylation sites (N-methyl/N-ethyl adjacent to an activating group) is 1. The molecular weight excluding hydrogens is 407 g/mol. The van der Waals surface area contributed by atoms with Crippen LogP contribution in [-0.2, 0) is 10.0 Å². The fourth-order valence-electron chi connectivity index (χ4n) is 3.52. The minimum atomic E-state index is -3.79. The summed E-state index contributed by atoms with van der Waals surface area (Å²) in [5, 5.41) is 9.56. The smallest absolute Gasteiger partial charge is 0.341 e. The molecule has 0 unspecified atom stereocenters. The Labute approximate surface area is 194 Å². The minimum absolute atomic E-state index is 0. The van der Waals surface area contributed by atoms with Crippen molar-refractivity contribution < 1.29 is 23.1 Å². The SMILES string of the molecule is CCN1CCN(S(=O)(=O)c2cnc(OC3CCN(C)CC3)c(C(=O)O)c2)CC1.[Na]. The zero-order valence-corrected chi connectivity index (χ0v) is 20.2. The number of aromatic carboxylic acids is 1.